The van der Waals surface area contributed by atoms with Gasteiger partial charge < -0.3 is 5.73 Å². The number of nitrogen functional groups attached to an aromatic ring is 1. The summed E-state index contributed by atoms with van der Waals surface area (Å²) in [5.74, 6) is -0.641. The quantitative estimate of drug-likeness (QED) is 0.611. The highest BCUT2D eigenvalue weighted by Gasteiger charge is 2.19. The zero-order chi connectivity index (χ0) is 11.4. The van der Waals surface area contributed by atoms with Crippen molar-refractivity contribution in [1.29, 1.82) is 0 Å². The lowest BCUT2D eigenvalue weighted by Gasteiger charge is -2.12. The molecule has 0 atom stereocenters. The van der Waals surface area contributed by atoms with Crippen molar-refractivity contribution in [3.8, 4) is 0 Å². The van der Waals surface area contributed by atoms with Gasteiger partial charge in [0, 0.05) is 11.5 Å². The molecule has 0 saturated heterocycles. The van der Waals surface area contributed by atoms with E-state index < -0.39 is 5.82 Å². The molecule has 1 aromatic carbocycles. The average Bonchev–Trinajstić information content (AvgIpc) is 2.23. The molecule has 2 nitrogen and oxygen atoms in total. The Bertz CT molecular complexity index is 359. The molecule has 3 heteroatoms. The van der Waals surface area contributed by atoms with Crippen LogP contribution < -0.4 is 5.73 Å². The molecule has 0 aromatic heterocycles. The maximum absolute atomic E-state index is 13.1. The summed E-state index contributed by atoms with van der Waals surface area (Å²) in [4.78, 5) is 11.9. The van der Waals surface area contributed by atoms with Gasteiger partial charge in [-0.3, -0.25) is 4.79 Å². The van der Waals surface area contributed by atoms with Gasteiger partial charge in [-0.25, -0.2) is 4.39 Å². The van der Waals surface area contributed by atoms with Crippen LogP contribution in [0.2, 0.25) is 0 Å². The fourth-order valence-electron chi connectivity index (χ4n) is 1.63. The molecular formula is C12H16FNO. The molecule has 1 aromatic rings. The second-order valence-electron chi connectivity index (χ2n) is 3.58. The van der Waals surface area contributed by atoms with E-state index in [4.69, 9.17) is 5.73 Å². The summed E-state index contributed by atoms with van der Waals surface area (Å²) in [6.07, 6.45) is 1.51. The predicted octanol–water partition coefficient (Wildman–Crippen LogP) is 3.03. The Labute approximate surface area is 89.3 Å². The van der Waals surface area contributed by atoms with Gasteiger partial charge in [0.25, 0.3) is 0 Å². The highest BCUT2D eigenvalue weighted by atomic mass is 19.1. The molecule has 0 radical (unpaired) electrons. The fourth-order valence-corrected chi connectivity index (χ4v) is 1.63. The van der Waals surface area contributed by atoms with Crippen molar-refractivity contribution in [2.24, 2.45) is 5.92 Å². The maximum Gasteiger partial charge on any atom is 0.168 e. The number of para-hydroxylation sites is 1. The van der Waals surface area contributed by atoms with Crippen molar-refractivity contribution in [1.82, 2.24) is 0 Å². The van der Waals surface area contributed by atoms with Crippen molar-refractivity contribution < 1.29 is 9.18 Å². The van der Waals surface area contributed by atoms with Crippen LogP contribution in [-0.4, -0.2) is 5.78 Å². The molecule has 0 bridgehead atoms. The first-order chi connectivity index (χ1) is 7.11. The summed E-state index contributed by atoms with van der Waals surface area (Å²) >= 11 is 0. The molecule has 0 unspecified atom stereocenters. The molecule has 15 heavy (non-hydrogen) atoms. The van der Waals surface area contributed by atoms with Crippen LogP contribution in [0.1, 0.15) is 37.0 Å². The van der Waals surface area contributed by atoms with Crippen LogP contribution in [0, 0.1) is 11.7 Å². The van der Waals surface area contributed by atoms with E-state index in [1.165, 1.54) is 12.1 Å². The standard InChI is InChI=1S/C12H16FNO/c1-3-8(4-2)12(15)9-6-5-7-10(13)11(9)14/h5-8H,3-4,14H2,1-2H3. The Morgan fingerprint density at radius 2 is 2.00 bits per heavy atom. The molecule has 0 amide bonds. The van der Waals surface area contributed by atoms with Crippen molar-refractivity contribution in [2.75, 3.05) is 5.73 Å². The summed E-state index contributed by atoms with van der Waals surface area (Å²) in [6.45, 7) is 3.89. The fraction of sp³-hybridized carbons (Fsp3) is 0.417. The van der Waals surface area contributed by atoms with Crippen LogP contribution in [0.4, 0.5) is 10.1 Å². The first-order valence-electron chi connectivity index (χ1n) is 5.20. The highest BCUT2D eigenvalue weighted by molar-refractivity contribution is 6.02. The molecule has 82 valence electrons. The second-order valence-corrected chi connectivity index (χ2v) is 3.58. The van der Waals surface area contributed by atoms with Gasteiger partial charge in [-0.1, -0.05) is 19.9 Å². The van der Waals surface area contributed by atoms with E-state index in [1.54, 1.807) is 6.07 Å². The van der Waals surface area contributed by atoms with Gasteiger partial charge in [-0.2, -0.15) is 0 Å². The third-order valence-electron chi connectivity index (χ3n) is 2.67. The minimum absolute atomic E-state index is 0.0330. The number of ketones is 1. The van der Waals surface area contributed by atoms with Crippen molar-refractivity contribution in [3.63, 3.8) is 0 Å². The Kier molecular flexibility index (Phi) is 3.83. The van der Waals surface area contributed by atoms with Gasteiger partial charge >= 0.3 is 0 Å². The third kappa shape index (κ3) is 2.35. The van der Waals surface area contributed by atoms with Crippen molar-refractivity contribution >= 4 is 11.5 Å². The number of nitrogens with two attached hydrogens (primary N) is 1. The summed E-state index contributed by atoms with van der Waals surface area (Å²) in [5, 5.41) is 0. The van der Waals surface area contributed by atoms with Gasteiger partial charge in [-0.05, 0) is 25.0 Å². The normalized spacial score (nSPS) is 10.7. The molecular weight excluding hydrogens is 193 g/mol. The monoisotopic (exact) mass is 209 g/mol. The average molecular weight is 209 g/mol. The molecule has 0 aliphatic heterocycles. The summed E-state index contributed by atoms with van der Waals surface area (Å²) in [7, 11) is 0. The summed E-state index contributed by atoms with van der Waals surface area (Å²) < 4.78 is 13.1. The van der Waals surface area contributed by atoms with Gasteiger partial charge in [0.15, 0.2) is 5.78 Å². The Hall–Kier alpha value is -1.38. The molecule has 0 aliphatic carbocycles. The van der Waals surface area contributed by atoms with Crippen molar-refractivity contribution in [3.05, 3.63) is 29.6 Å². The lowest BCUT2D eigenvalue weighted by molar-refractivity contribution is 0.0914. The predicted molar refractivity (Wildman–Crippen MR) is 59.2 cm³/mol. The topological polar surface area (TPSA) is 43.1 Å². The molecule has 2 N–H and O–H groups in total. The largest absolute Gasteiger partial charge is 0.396 e. The minimum Gasteiger partial charge on any atom is -0.396 e. The first kappa shape index (κ1) is 11.7. The Morgan fingerprint density at radius 1 is 1.40 bits per heavy atom. The van der Waals surface area contributed by atoms with Crippen LogP contribution in [-0.2, 0) is 0 Å². The molecule has 0 saturated carbocycles. The van der Waals surface area contributed by atoms with Gasteiger partial charge in [-0.15, -0.1) is 0 Å². The Balaban J connectivity index is 3.05. The van der Waals surface area contributed by atoms with Crippen molar-refractivity contribution in [2.45, 2.75) is 26.7 Å². The molecule has 0 aliphatic rings. The zero-order valence-electron chi connectivity index (χ0n) is 9.09. The van der Waals surface area contributed by atoms with Gasteiger partial charge in [0.2, 0.25) is 0 Å². The summed E-state index contributed by atoms with van der Waals surface area (Å²) in [6, 6.07) is 4.36. The number of carbonyl (C=O) groups excluding carboxylic acids is 1. The zero-order valence-corrected chi connectivity index (χ0v) is 9.09. The number of carbonyl (C=O) groups is 1. The van der Waals surface area contributed by atoms with E-state index in [0.29, 0.717) is 5.56 Å². The van der Waals surface area contributed by atoms with E-state index in [0.717, 1.165) is 12.8 Å². The van der Waals surface area contributed by atoms with Crippen LogP contribution in [0.15, 0.2) is 18.2 Å². The number of Topliss-reactive ketones (excluding diaryl/α,β-unsaturated/α-hetero) is 1. The van der Waals surface area contributed by atoms with E-state index in [9.17, 15) is 9.18 Å². The number of hydrogen-bond donors (Lipinski definition) is 1. The number of halogens is 1. The van der Waals surface area contributed by atoms with Crippen LogP contribution in [0.5, 0.6) is 0 Å². The SMILES string of the molecule is CCC(CC)C(=O)c1cccc(F)c1N. The van der Waals surface area contributed by atoms with E-state index in [1.807, 2.05) is 13.8 Å². The second kappa shape index (κ2) is 4.91. The van der Waals surface area contributed by atoms with E-state index in [-0.39, 0.29) is 17.4 Å². The molecule has 0 fully saturated rings. The number of hydrogen-bond acceptors (Lipinski definition) is 2. The lowest BCUT2D eigenvalue weighted by atomic mass is 9.92. The van der Waals surface area contributed by atoms with Crippen LogP contribution in [0.25, 0.3) is 0 Å². The summed E-state index contributed by atoms with van der Waals surface area (Å²) in [5.41, 5.74) is 5.81. The van der Waals surface area contributed by atoms with E-state index >= 15 is 0 Å². The number of rotatable bonds is 4. The van der Waals surface area contributed by atoms with Gasteiger partial charge in [0.05, 0.1) is 5.69 Å². The smallest absolute Gasteiger partial charge is 0.168 e. The number of anilines is 1. The maximum atomic E-state index is 13.1. The van der Waals surface area contributed by atoms with E-state index in [2.05, 4.69) is 0 Å². The lowest BCUT2D eigenvalue weighted by Crippen LogP contribution is -2.15. The first-order valence-corrected chi connectivity index (χ1v) is 5.20. The molecule has 0 heterocycles. The highest BCUT2D eigenvalue weighted by Crippen LogP contribution is 2.22. The molecule has 0 spiro atoms. The third-order valence-corrected chi connectivity index (χ3v) is 2.67. The minimum atomic E-state index is -0.521. The van der Waals surface area contributed by atoms with Gasteiger partial charge in [0.1, 0.15) is 5.82 Å². The number of benzene rings is 1. The van der Waals surface area contributed by atoms with Crippen LogP contribution >= 0.6 is 0 Å². The Morgan fingerprint density at radius 3 is 2.53 bits per heavy atom. The van der Waals surface area contributed by atoms with Crippen LogP contribution in [0.3, 0.4) is 0 Å². The molecule has 1 rings (SSSR count).